The molecule has 1 aliphatic carbocycles. The van der Waals surface area contributed by atoms with Crippen LogP contribution in [0.5, 0.6) is 0 Å². The normalized spacial score (nSPS) is 21.1. The molecule has 1 unspecified atom stereocenters. The number of benzene rings is 1. The zero-order chi connectivity index (χ0) is 15.5. The van der Waals surface area contributed by atoms with E-state index in [4.69, 9.17) is 5.73 Å². The summed E-state index contributed by atoms with van der Waals surface area (Å²) in [5.74, 6) is 0. The Hall–Kier alpha value is -0.810. The van der Waals surface area contributed by atoms with Gasteiger partial charge in [-0.2, -0.15) is 13.2 Å². The van der Waals surface area contributed by atoms with E-state index in [9.17, 15) is 13.2 Å². The first kappa shape index (κ1) is 16.6. The molecule has 21 heavy (non-hydrogen) atoms. The van der Waals surface area contributed by atoms with E-state index in [1.165, 1.54) is 12.5 Å². The fourth-order valence-electron chi connectivity index (χ4n) is 2.66. The van der Waals surface area contributed by atoms with E-state index in [0.29, 0.717) is 10.0 Å². The van der Waals surface area contributed by atoms with Crippen molar-refractivity contribution < 1.29 is 13.2 Å². The minimum absolute atomic E-state index is 0.472. The lowest BCUT2D eigenvalue weighted by atomic mass is 9.91. The second-order valence-corrected chi connectivity index (χ2v) is 6.30. The van der Waals surface area contributed by atoms with Crippen LogP contribution in [0.15, 0.2) is 34.3 Å². The minimum Gasteiger partial charge on any atom is -0.321 e. The van der Waals surface area contributed by atoms with Gasteiger partial charge in [-0.1, -0.05) is 40.4 Å². The molecule has 0 radical (unpaired) electrons. The highest BCUT2D eigenvalue weighted by atomic mass is 79.9. The van der Waals surface area contributed by atoms with E-state index in [-0.39, 0.29) is 0 Å². The molecule has 1 atom stereocenters. The highest BCUT2D eigenvalue weighted by molar-refractivity contribution is 9.10. The summed E-state index contributed by atoms with van der Waals surface area (Å²) in [5, 5.41) is 0. The predicted molar refractivity (Wildman–Crippen MR) is 81.9 cm³/mol. The molecule has 0 fully saturated rings. The first-order valence-corrected chi connectivity index (χ1v) is 8.00. The molecule has 1 nitrogen and oxygen atoms in total. The first-order chi connectivity index (χ1) is 9.89. The zero-order valence-corrected chi connectivity index (χ0v) is 13.3. The molecule has 0 spiro atoms. The maximum absolute atomic E-state index is 12.9. The van der Waals surface area contributed by atoms with Gasteiger partial charge in [-0.15, -0.1) is 0 Å². The Morgan fingerprint density at radius 1 is 1.10 bits per heavy atom. The maximum Gasteiger partial charge on any atom is 0.416 e. The second-order valence-electron chi connectivity index (χ2n) is 5.44. The largest absolute Gasteiger partial charge is 0.416 e. The van der Waals surface area contributed by atoms with Crippen molar-refractivity contribution in [1.29, 1.82) is 0 Å². The van der Waals surface area contributed by atoms with Crippen molar-refractivity contribution in [2.75, 3.05) is 0 Å². The van der Waals surface area contributed by atoms with E-state index in [1.807, 2.05) is 0 Å². The van der Waals surface area contributed by atoms with Crippen LogP contribution in [0, 0.1) is 0 Å². The van der Waals surface area contributed by atoms with Crippen LogP contribution >= 0.6 is 15.9 Å². The van der Waals surface area contributed by atoms with E-state index >= 15 is 0 Å². The van der Waals surface area contributed by atoms with Gasteiger partial charge in [0.15, 0.2) is 0 Å². The van der Waals surface area contributed by atoms with Gasteiger partial charge in [0, 0.05) is 4.47 Å². The molecule has 5 heteroatoms. The third-order valence-electron chi connectivity index (χ3n) is 3.88. The fourth-order valence-corrected chi connectivity index (χ4v) is 3.15. The van der Waals surface area contributed by atoms with Crippen molar-refractivity contribution in [3.63, 3.8) is 0 Å². The van der Waals surface area contributed by atoms with Crippen molar-refractivity contribution in [1.82, 2.24) is 0 Å². The van der Waals surface area contributed by atoms with Crippen molar-refractivity contribution in [3.05, 3.63) is 45.4 Å². The molecule has 1 aromatic rings. The number of rotatable bonds is 2. The summed E-state index contributed by atoms with van der Waals surface area (Å²) in [4.78, 5) is 0. The maximum atomic E-state index is 12.9. The Morgan fingerprint density at radius 2 is 1.81 bits per heavy atom. The van der Waals surface area contributed by atoms with Gasteiger partial charge in [-0.05, 0) is 49.4 Å². The SMILES string of the molecule is NC(/C1=C/CCCCCC1)c1cc(C(F)(F)F)ccc1Br. The molecule has 0 heterocycles. The molecule has 116 valence electrons. The average molecular weight is 362 g/mol. The van der Waals surface area contributed by atoms with Gasteiger partial charge in [-0.25, -0.2) is 0 Å². The minimum atomic E-state index is -4.34. The van der Waals surface area contributed by atoms with E-state index < -0.39 is 17.8 Å². The van der Waals surface area contributed by atoms with Crippen LogP contribution in [0.1, 0.15) is 55.7 Å². The number of alkyl halides is 3. The van der Waals surface area contributed by atoms with E-state index in [2.05, 4.69) is 22.0 Å². The molecular weight excluding hydrogens is 343 g/mol. The van der Waals surface area contributed by atoms with Crippen LogP contribution in [0.3, 0.4) is 0 Å². The summed E-state index contributed by atoms with van der Waals surface area (Å²) in [6, 6.07) is 3.20. The first-order valence-electron chi connectivity index (χ1n) is 7.21. The Bertz CT molecular complexity index is 523. The number of nitrogens with two attached hydrogens (primary N) is 1. The monoisotopic (exact) mass is 361 g/mol. The molecule has 1 aliphatic rings. The molecule has 2 N–H and O–H groups in total. The van der Waals surface area contributed by atoms with Gasteiger partial charge in [0.25, 0.3) is 0 Å². The third-order valence-corrected chi connectivity index (χ3v) is 4.61. The topological polar surface area (TPSA) is 26.0 Å². The molecule has 0 bridgehead atoms. The van der Waals surface area contributed by atoms with E-state index in [1.54, 1.807) is 0 Å². The van der Waals surface area contributed by atoms with Crippen LogP contribution in [-0.2, 0) is 6.18 Å². The summed E-state index contributed by atoms with van der Waals surface area (Å²) < 4.78 is 39.2. The summed E-state index contributed by atoms with van der Waals surface area (Å²) >= 11 is 3.32. The Labute approximate surface area is 131 Å². The van der Waals surface area contributed by atoms with Gasteiger partial charge >= 0.3 is 6.18 Å². The van der Waals surface area contributed by atoms with Gasteiger partial charge in [0.05, 0.1) is 11.6 Å². The highest BCUT2D eigenvalue weighted by Crippen LogP contribution is 2.36. The highest BCUT2D eigenvalue weighted by Gasteiger charge is 2.31. The predicted octanol–water partition coefficient (Wildman–Crippen LogP) is 5.75. The fraction of sp³-hybridized carbons (Fsp3) is 0.500. The summed E-state index contributed by atoms with van der Waals surface area (Å²) in [6.45, 7) is 0. The molecule has 0 aromatic heterocycles. The smallest absolute Gasteiger partial charge is 0.321 e. The Balaban J connectivity index is 2.31. The summed E-state index contributed by atoms with van der Waals surface area (Å²) in [6.07, 6.45) is 4.14. The van der Waals surface area contributed by atoms with E-state index in [0.717, 1.165) is 49.8 Å². The molecule has 2 rings (SSSR count). The average Bonchev–Trinajstić information content (AvgIpc) is 2.36. The van der Waals surface area contributed by atoms with Crippen molar-refractivity contribution in [3.8, 4) is 0 Å². The van der Waals surface area contributed by atoms with Crippen molar-refractivity contribution in [2.24, 2.45) is 5.73 Å². The second kappa shape index (κ2) is 6.97. The number of hydrogen-bond donors (Lipinski definition) is 1. The van der Waals surface area contributed by atoms with Crippen LogP contribution in [0.4, 0.5) is 13.2 Å². The standard InChI is InChI=1S/C16H19BrF3N/c17-14-9-8-12(16(18,19)20)10-13(14)15(21)11-6-4-2-1-3-5-7-11/h6,8-10,15H,1-5,7,21H2/b11-6+. The lowest BCUT2D eigenvalue weighted by Crippen LogP contribution is -2.16. The Kier molecular flexibility index (Phi) is 5.49. The zero-order valence-electron chi connectivity index (χ0n) is 11.7. The van der Waals surface area contributed by atoms with Crippen LogP contribution in [0.2, 0.25) is 0 Å². The number of allylic oxidation sites excluding steroid dienone is 1. The molecule has 0 saturated heterocycles. The quantitative estimate of drug-likeness (QED) is 0.667. The molecule has 0 aliphatic heterocycles. The Morgan fingerprint density at radius 3 is 2.52 bits per heavy atom. The lowest BCUT2D eigenvalue weighted by Gasteiger charge is -2.21. The lowest BCUT2D eigenvalue weighted by molar-refractivity contribution is -0.137. The molecule has 0 saturated carbocycles. The van der Waals surface area contributed by atoms with Gasteiger partial charge in [-0.3, -0.25) is 0 Å². The molecule has 0 amide bonds. The third kappa shape index (κ3) is 4.33. The van der Waals surface area contributed by atoms with Crippen LogP contribution in [0.25, 0.3) is 0 Å². The summed E-state index contributed by atoms with van der Waals surface area (Å²) in [7, 11) is 0. The van der Waals surface area contributed by atoms with Crippen LogP contribution < -0.4 is 5.73 Å². The number of halogens is 4. The van der Waals surface area contributed by atoms with Crippen LogP contribution in [-0.4, -0.2) is 0 Å². The molecular formula is C16H19BrF3N. The van der Waals surface area contributed by atoms with Crippen molar-refractivity contribution >= 4 is 15.9 Å². The van der Waals surface area contributed by atoms with Gasteiger partial charge in [0.2, 0.25) is 0 Å². The van der Waals surface area contributed by atoms with Gasteiger partial charge < -0.3 is 5.73 Å². The summed E-state index contributed by atoms with van der Waals surface area (Å²) in [5.41, 5.74) is 7.15. The molecule has 1 aromatic carbocycles. The van der Waals surface area contributed by atoms with Gasteiger partial charge in [0.1, 0.15) is 0 Å². The number of hydrogen-bond acceptors (Lipinski definition) is 1. The van der Waals surface area contributed by atoms with Crippen molar-refractivity contribution in [2.45, 2.75) is 50.7 Å².